The Morgan fingerprint density at radius 2 is 2.08 bits per heavy atom. The Balaban J connectivity index is 1.91. The molecule has 1 heterocycles. The molecule has 7 heteroatoms. The van der Waals surface area contributed by atoms with Gasteiger partial charge in [-0.15, -0.1) is 0 Å². The summed E-state index contributed by atoms with van der Waals surface area (Å²) in [6.45, 7) is 0.0977. The molecule has 1 amide bonds. The van der Waals surface area contributed by atoms with Gasteiger partial charge in [-0.05, 0) is 37.1 Å². The quantitative estimate of drug-likeness (QED) is 0.869. The van der Waals surface area contributed by atoms with E-state index in [1.165, 1.54) is 30.4 Å². The summed E-state index contributed by atoms with van der Waals surface area (Å²) >= 11 is 0. The topological polar surface area (TPSA) is 80.0 Å². The van der Waals surface area contributed by atoms with Gasteiger partial charge < -0.3 is 19.2 Å². The fourth-order valence-electron chi connectivity index (χ4n) is 2.97. The molecule has 0 aliphatic heterocycles. The third-order valence-electron chi connectivity index (χ3n) is 4.52. The van der Waals surface area contributed by atoms with Crippen LogP contribution >= 0.6 is 0 Å². The molecule has 3 rings (SSSR count). The molecule has 0 unspecified atom stereocenters. The fraction of sp³-hybridized carbons (Fsp3) is 0.333. The molecule has 1 N–H and O–H groups in total. The van der Waals surface area contributed by atoms with E-state index < -0.39 is 23.6 Å². The van der Waals surface area contributed by atoms with Crippen LogP contribution in [0.15, 0.2) is 41.0 Å². The van der Waals surface area contributed by atoms with Crippen molar-refractivity contribution in [2.75, 3.05) is 12.0 Å². The number of carboxylic acid groups (broad SMARTS) is 1. The molecule has 1 saturated carbocycles. The lowest BCUT2D eigenvalue weighted by atomic mass is 9.73. The molecule has 0 saturated heterocycles. The Hall–Kier alpha value is -2.83. The van der Waals surface area contributed by atoms with Crippen molar-refractivity contribution < 1.29 is 28.2 Å². The van der Waals surface area contributed by atoms with E-state index in [-0.39, 0.29) is 18.2 Å². The van der Waals surface area contributed by atoms with Crippen LogP contribution in [0.1, 0.15) is 18.6 Å². The number of amides is 1. The van der Waals surface area contributed by atoms with Crippen LogP contribution in [0.5, 0.6) is 5.75 Å². The molecule has 6 nitrogen and oxygen atoms in total. The van der Waals surface area contributed by atoms with Crippen LogP contribution in [-0.4, -0.2) is 24.1 Å². The fourth-order valence-corrected chi connectivity index (χ4v) is 2.97. The van der Waals surface area contributed by atoms with Crippen molar-refractivity contribution in [2.24, 2.45) is 11.8 Å². The van der Waals surface area contributed by atoms with Crippen molar-refractivity contribution in [1.29, 1.82) is 0 Å². The van der Waals surface area contributed by atoms with E-state index in [2.05, 4.69) is 0 Å². The molecule has 2 atom stereocenters. The second-order valence-corrected chi connectivity index (χ2v) is 5.95. The maximum absolute atomic E-state index is 14.1. The molecule has 0 spiro atoms. The van der Waals surface area contributed by atoms with Gasteiger partial charge in [-0.3, -0.25) is 9.59 Å². The SMILES string of the molecule is COc1ccc(N(Cc2ccco2)C(=O)[C@H]2CC[C@@H]2C(=O)O)cc1F. The van der Waals surface area contributed by atoms with Crippen LogP contribution in [-0.2, 0) is 16.1 Å². The number of carboxylic acids is 1. The maximum Gasteiger partial charge on any atom is 0.307 e. The van der Waals surface area contributed by atoms with Gasteiger partial charge in [-0.1, -0.05) is 0 Å². The van der Waals surface area contributed by atoms with Gasteiger partial charge in [0.2, 0.25) is 5.91 Å². The van der Waals surface area contributed by atoms with Gasteiger partial charge in [0.05, 0.1) is 31.8 Å². The Bertz CT molecular complexity index is 774. The predicted molar refractivity (Wildman–Crippen MR) is 86.7 cm³/mol. The van der Waals surface area contributed by atoms with Crippen LogP contribution in [0.2, 0.25) is 0 Å². The Labute approximate surface area is 143 Å². The molecule has 1 aliphatic rings. The van der Waals surface area contributed by atoms with Crippen molar-refractivity contribution in [3.8, 4) is 5.75 Å². The smallest absolute Gasteiger partial charge is 0.307 e. The van der Waals surface area contributed by atoms with E-state index in [0.29, 0.717) is 24.3 Å². The van der Waals surface area contributed by atoms with Crippen molar-refractivity contribution >= 4 is 17.6 Å². The number of carbonyl (C=O) groups excluding carboxylic acids is 1. The highest BCUT2D eigenvalue weighted by Crippen LogP contribution is 2.37. The lowest BCUT2D eigenvalue weighted by Gasteiger charge is -2.36. The van der Waals surface area contributed by atoms with Crippen molar-refractivity contribution in [2.45, 2.75) is 19.4 Å². The maximum atomic E-state index is 14.1. The highest BCUT2D eigenvalue weighted by molar-refractivity contribution is 5.98. The van der Waals surface area contributed by atoms with Crippen LogP contribution in [0.25, 0.3) is 0 Å². The molecule has 1 fully saturated rings. The van der Waals surface area contributed by atoms with Gasteiger partial charge in [-0.2, -0.15) is 0 Å². The molecule has 1 aliphatic carbocycles. The summed E-state index contributed by atoms with van der Waals surface area (Å²) in [7, 11) is 1.36. The van der Waals surface area contributed by atoms with E-state index in [0.717, 1.165) is 0 Å². The van der Waals surface area contributed by atoms with Crippen LogP contribution < -0.4 is 9.64 Å². The van der Waals surface area contributed by atoms with E-state index in [4.69, 9.17) is 9.15 Å². The minimum absolute atomic E-state index is 0.0706. The number of halogens is 1. The number of hydrogen-bond donors (Lipinski definition) is 1. The summed E-state index contributed by atoms with van der Waals surface area (Å²) in [6, 6.07) is 7.60. The molecular formula is C18H18FNO5. The highest BCUT2D eigenvalue weighted by Gasteiger charge is 2.43. The van der Waals surface area contributed by atoms with Gasteiger partial charge >= 0.3 is 5.97 Å². The van der Waals surface area contributed by atoms with E-state index in [1.54, 1.807) is 18.2 Å². The lowest BCUT2D eigenvalue weighted by molar-refractivity contribution is -0.152. The first kappa shape index (κ1) is 17.0. The molecule has 2 aromatic rings. The number of anilines is 1. The predicted octanol–water partition coefficient (Wildman–Crippen LogP) is 3.07. The number of ether oxygens (including phenoxy) is 1. The third kappa shape index (κ3) is 3.35. The highest BCUT2D eigenvalue weighted by atomic mass is 19.1. The second kappa shape index (κ2) is 6.96. The average Bonchev–Trinajstić information content (AvgIpc) is 3.04. The largest absolute Gasteiger partial charge is 0.494 e. The van der Waals surface area contributed by atoms with Gasteiger partial charge in [0.1, 0.15) is 5.76 Å². The Kier molecular flexibility index (Phi) is 4.74. The number of carbonyl (C=O) groups is 2. The van der Waals surface area contributed by atoms with E-state index >= 15 is 0 Å². The molecule has 0 radical (unpaired) electrons. The number of benzene rings is 1. The van der Waals surface area contributed by atoms with E-state index in [1.807, 2.05) is 0 Å². The summed E-state index contributed by atoms with van der Waals surface area (Å²) in [4.78, 5) is 25.5. The zero-order valence-electron chi connectivity index (χ0n) is 13.6. The first-order chi connectivity index (χ1) is 12.0. The minimum Gasteiger partial charge on any atom is -0.494 e. The molecule has 132 valence electrons. The first-order valence-electron chi connectivity index (χ1n) is 7.91. The van der Waals surface area contributed by atoms with Gasteiger partial charge in [0.15, 0.2) is 11.6 Å². The van der Waals surface area contributed by atoms with Crippen LogP contribution in [0, 0.1) is 17.7 Å². The molecule has 1 aromatic carbocycles. The normalized spacial score (nSPS) is 19.1. The lowest BCUT2D eigenvalue weighted by Crippen LogP contribution is -2.46. The van der Waals surface area contributed by atoms with Gasteiger partial charge in [-0.25, -0.2) is 4.39 Å². The monoisotopic (exact) mass is 347 g/mol. The number of hydrogen-bond acceptors (Lipinski definition) is 4. The number of rotatable bonds is 6. The van der Waals surface area contributed by atoms with Crippen LogP contribution in [0.4, 0.5) is 10.1 Å². The Morgan fingerprint density at radius 3 is 2.60 bits per heavy atom. The molecular weight excluding hydrogens is 329 g/mol. The summed E-state index contributed by atoms with van der Waals surface area (Å²) in [5.41, 5.74) is 0.329. The number of furan rings is 1. The average molecular weight is 347 g/mol. The molecule has 0 bridgehead atoms. The van der Waals surface area contributed by atoms with Crippen molar-refractivity contribution in [3.63, 3.8) is 0 Å². The Morgan fingerprint density at radius 1 is 1.32 bits per heavy atom. The summed E-state index contributed by atoms with van der Waals surface area (Å²) in [5, 5.41) is 9.21. The minimum atomic E-state index is -0.983. The summed E-state index contributed by atoms with van der Waals surface area (Å²) in [6.07, 6.45) is 2.45. The number of nitrogens with zero attached hydrogens (tertiary/aromatic N) is 1. The number of methoxy groups -OCH3 is 1. The summed E-state index contributed by atoms with van der Waals surface area (Å²) in [5.74, 6) is -2.65. The van der Waals surface area contributed by atoms with Crippen LogP contribution in [0.3, 0.4) is 0 Å². The van der Waals surface area contributed by atoms with E-state index in [9.17, 15) is 19.1 Å². The van der Waals surface area contributed by atoms with Gasteiger partial charge in [0, 0.05) is 11.8 Å². The third-order valence-corrected chi connectivity index (χ3v) is 4.52. The first-order valence-corrected chi connectivity index (χ1v) is 7.91. The second-order valence-electron chi connectivity index (χ2n) is 5.95. The molecule has 1 aromatic heterocycles. The zero-order valence-corrected chi connectivity index (χ0v) is 13.6. The van der Waals surface area contributed by atoms with Crippen molar-refractivity contribution in [3.05, 3.63) is 48.2 Å². The molecule has 25 heavy (non-hydrogen) atoms. The van der Waals surface area contributed by atoms with Gasteiger partial charge in [0.25, 0.3) is 0 Å². The summed E-state index contributed by atoms with van der Waals surface area (Å²) < 4.78 is 24.3. The number of aliphatic carboxylic acids is 1. The zero-order chi connectivity index (χ0) is 18.0. The standard InChI is InChI=1S/C18H18FNO5/c1-24-16-7-4-11(9-15(16)19)20(10-12-3-2-8-25-12)17(21)13-5-6-14(13)18(22)23/h2-4,7-9,13-14H,5-6,10H2,1H3,(H,22,23)/t13-,14-/m0/s1. The van der Waals surface area contributed by atoms with Crippen molar-refractivity contribution in [1.82, 2.24) is 0 Å².